The van der Waals surface area contributed by atoms with E-state index in [1.165, 1.54) is 0 Å². The van der Waals surface area contributed by atoms with Crippen molar-refractivity contribution in [1.82, 2.24) is 5.32 Å². The number of ether oxygens (including phenoxy) is 1. The van der Waals surface area contributed by atoms with Gasteiger partial charge in [-0.25, -0.2) is 4.79 Å². The second-order valence-electron chi connectivity index (χ2n) is 4.36. The first-order chi connectivity index (χ1) is 7.08. The number of carbonyl (C=O) groups excluding carboxylic acids is 1. The van der Waals surface area contributed by atoms with Crippen molar-refractivity contribution in [3.63, 3.8) is 0 Å². The molecule has 5 nitrogen and oxygen atoms in total. The monoisotopic (exact) mass is 213 g/mol. The zero-order valence-electron chi connectivity index (χ0n) is 8.60. The molecule has 0 bridgehead atoms. The van der Waals surface area contributed by atoms with Gasteiger partial charge in [-0.15, -0.1) is 0 Å². The fourth-order valence-electron chi connectivity index (χ4n) is 1.81. The van der Waals surface area contributed by atoms with Crippen molar-refractivity contribution >= 4 is 11.9 Å². The van der Waals surface area contributed by atoms with E-state index in [1.54, 1.807) is 0 Å². The quantitative estimate of drug-likeness (QED) is 0.699. The van der Waals surface area contributed by atoms with Gasteiger partial charge in [0.05, 0.1) is 0 Å². The summed E-state index contributed by atoms with van der Waals surface area (Å²) in [6.07, 6.45) is 0.564. The number of carbonyl (C=O) groups is 2. The van der Waals surface area contributed by atoms with Gasteiger partial charge in [0, 0.05) is 6.04 Å². The number of amides is 1. The molecule has 0 radical (unpaired) electrons. The third-order valence-electron chi connectivity index (χ3n) is 3.02. The van der Waals surface area contributed by atoms with Crippen molar-refractivity contribution < 1.29 is 19.4 Å². The fourth-order valence-corrected chi connectivity index (χ4v) is 1.81. The van der Waals surface area contributed by atoms with E-state index in [0.29, 0.717) is 18.8 Å². The smallest absolute Gasteiger partial charge is 0.332 e. The maximum absolute atomic E-state index is 11.6. The molecule has 84 valence electrons. The first-order valence-corrected chi connectivity index (χ1v) is 5.26. The fraction of sp³-hybridized carbons (Fsp3) is 0.800. The van der Waals surface area contributed by atoms with Crippen LogP contribution in [-0.2, 0) is 14.3 Å². The van der Waals surface area contributed by atoms with Crippen molar-refractivity contribution in [3.8, 4) is 0 Å². The molecule has 2 fully saturated rings. The van der Waals surface area contributed by atoms with Gasteiger partial charge in [0.1, 0.15) is 6.10 Å². The number of hydrogen-bond acceptors (Lipinski definition) is 3. The predicted molar refractivity (Wildman–Crippen MR) is 51.2 cm³/mol. The Kier molecular flexibility index (Phi) is 2.65. The molecule has 1 aliphatic heterocycles. The Bertz CT molecular complexity index is 291. The van der Waals surface area contributed by atoms with Crippen LogP contribution in [0.2, 0.25) is 0 Å². The lowest BCUT2D eigenvalue weighted by Gasteiger charge is -2.11. The van der Waals surface area contributed by atoms with Crippen LogP contribution >= 0.6 is 0 Å². The van der Waals surface area contributed by atoms with Gasteiger partial charge in [-0.05, 0) is 25.2 Å². The van der Waals surface area contributed by atoms with Crippen LogP contribution in [0.1, 0.15) is 26.2 Å². The number of carboxylic acid groups (broad SMARTS) is 1. The molecule has 1 amide bonds. The summed E-state index contributed by atoms with van der Waals surface area (Å²) in [5.41, 5.74) is 0. The van der Waals surface area contributed by atoms with Gasteiger partial charge in [0.15, 0.2) is 6.10 Å². The summed E-state index contributed by atoms with van der Waals surface area (Å²) in [6, 6.07) is 0.268. The summed E-state index contributed by atoms with van der Waals surface area (Å²) < 4.78 is 5.14. The zero-order valence-corrected chi connectivity index (χ0v) is 8.60. The molecule has 1 heterocycles. The van der Waals surface area contributed by atoms with Crippen LogP contribution in [-0.4, -0.2) is 35.2 Å². The van der Waals surface area contributed by atoms with Gasteiger partial charge < -0.3 is 15.2 Å². The number of rotatable bonds is 3. The molecule has 2 rings (SSSR count). The second-order valence-corrected chi connectivity index (χ2v) is 4.36. The second kappa shape index (κ2) is 3.81. The highest BCUT2D eigenvalue weighted by Crippen LogP contribution is 2.30. The molecule has 1 saturated heterocycles. The Morgan fingerprint density at radius 3 is 2.40 bits per heavy atom. The molecule has 2 unspecified atom stereocenters. The topological polar surface area (TPSA) is 75.6 Å². The predicted octanol–water partition coefficient (Wildman–Crippen LogP) is 0.143. The summed E-state index contributed by atoms with van der Waals surface area (Å²) >= 11 is 0. The molecule has 5 heteroatoms. The van der Waals surface area contributed by atoms with Gasteiger partial charge in [0.2, 0.25) is 5.91 Å². The third-order valence-corrected chi connectivity index (χ3v) is 3.02. The lowest BCUT2D eigenvalue weighted by molar-refractivity contribution is -0.151. The molecule has 0 spiro atoms. The Balaban J connectivity index is 1.80. The number of aliphatic carboxylic acids is 1. The van der Waals surface area contributed by atoms with E-state index in [1.807, 2.05) is 0 Å². The van der Waals surface area contributed by atoms with Crippen molar-refractivity contribution in [2.75, 3.05) is 0 Å². The van der Waals surface area contributed by atoms with E-state index < -0.39 is 18.2 Å². The molecular formula is C10H15NO4. The molecular weight excluding hydrogens is 198 g/mol. The molecule has 1 aliphatic carbocycles. The van der Waals surface area contributed by atoms with Crippen LogP contribution < -0.4 is 5.32 Å². The lowest BCUT2D eigenvalue weighted by atomic mass is 10.2. The Labute approximate surface area is 87.8 Å². The van der Waals surface area contributed by atoms with Crippen LogP contribution in [0.15, 0.2) is 0 Å². The van der Waals surface area contributed by atoms with Crippen LogP contribution in [0.5, 0.6) is 0 Å². The van der Waals surface area contributed by atoms with Crippen molar-refractivity contribution in [2.45, 2.75) is 44.4 Å². The summed E-state index contributed by atoms with van der Waals surface area (Å²) in [7, 11) is 0. The van der Waals surface area contributed by atoms with Crippen LogP contribution in [0.25, 0.3) is 0 Å². The molecule has 2 N–H and O–H groups in total. The number of carboxylic acids is 1. The minimum absolute atomic E-state index is 0.159. The van der Waals surface area contributed by atoms with Crippen molar-refractivity contribution in [3.05, 3.63) is 0 Å². The first-order valence-electron chi connectivity index (χ1n) is 5.26. The average Bonchev–Trinajstić information content (AvgIpc) is 2.71. The largest absolute Gasteiger partial charge is 0.479 e. The molecule has 1 saturated carbocycles. The summed E-state index contributed by atoms with van der Waals surface area (Å²) in [6.45, 7) is 2.07. The maximum Gasteiger partial charge on any atom is 0.332 e. The number of hydrogen-bond donors (Lipinski definition) is 2. The molecule has 2 aliphatic rings. The third kappa shape index (κ3) is 2.28. The Morgan fingerprint density at radius 2 is 1.93 bits per heavy atom. The minimum atomic E-state index is -0.981. The van der Waals surface area contributed by atoms with E-state index in [4.69, 9.17) is 9.84 Å². The SMILES string of the molecule is C[C@@H]1C[C@H]1NC(=O)C1CCC(C(=O)O)O1. The van der Waals surface area contributed by atoms with Gasteiger partial charge in [-0.3, -0.25) is 4.79 Å². The molecule has 4 atom stereocenters. The van der Waals surface area contributed by atoms with Crippen molar-refractivity contribution in [2.24, 2.45) is 5.92 Å². The van der Waals surface area contributed by atoms with E-state index in [0.717, 1.165) is 6.42 Å². The highest BCUT2D eigenvalue weighted by atomic mass is 16.5. The van der Waals surface area contributed by atoms with Crippen LogP contribution in [0.3, 0.4) is 0 Å². The van der Waals surface area contributed by atoms with Gasteiger partial charge in [-0.2, -0.15) is 0 Å². The van der Waals surface area contributed by atoms with E-state index in [9.17, 15) is 9.59 Å². The lowest BCUT2D eigenvalue weighted by Crippen LogP contribution is -2.37. The maximum atomic E-state index is 11.6. The Hall–Kier alpha value is -1.10. The molecule has 0 aromatic rings. The zero-order chi connectivity index (χ0) is 11.0. The van der Waals surface area contributed by atoms with Gasteiger partial charge in [-0.1, -0.05) is 6.92 Å². The Morgan fingerprint density at radius 1 is 1.33 bits per heavy atom. The average molecular weight is 213 g/mol. The van der Waals surface area contributed by atoms with Crippen molar-refractivity contribution in [1.29, 1.82) is 0 Å². The van der Waals surface area contributed by atoms with Gasteiger partial charge in [0.25, 0.3) is 0 Å². The highest BCUT2D eigenvalue weighted by Gasteiger charge is 2.39. The van der Waals surface area contributed by atoms with Crippen LogP contribution in [0.4, 0.5) is 0 Å². The standard InChI is InChI=1S/C10H15NO4/c1-5-4-6(5)11-9(12)7-2-3-8(15-7)10(13)14/h5-8H,2-4H2,1H3,(H,11,12)(H,13,14)/t5-,6-,7?,8?/m1/s1. The number of nitrogens with one attached hydrogen (secondary N) is 1. The van der Waals surface area contributed by atoms with E-state index in [-0.39, 0.29) is 11.9 Å². The normalized spacial score (nSPS) is 38.7. The van der Waals surface area contributed by atoms with E-state index >= 15 is 0 Å². The van der Waals surface area contributed by atoms with E-state index in [2.05, 4.69) is 12.2 Å². The first kappa shape index (κ1) is 10.4. The van der Waals surface area contributed by atoms with Gasteiger partial charge >= 0.3 is 5.97 Å². The molecule has 0 aromatic heterocycles. The minimum Gasteiger partial charge on any atom is -0.479 e. The summed E-state index contributed by atoms with van der Waals surface area (Å²) in [4.78, 5) is 22.2. The summed E-state index contributed by atoms with van der Waals surface area (Å²) in [5.74, 6) is -0.594. The molecule has 15 heavy (non-hydrogen) atoms. The molecule has 0 aromatic carbocycles. The van der Waals surface area contributed by atoms with Crippen LogP contribution in [0, 0.1) is 5.92 Å². The summed E-state index contributed by atoms with van der Waals surface area (Å²) in [5, 5.41) is 11.5. The highest BCUT2D eigenvalue weighted by molar-refractivity contribution is 5.83.